The van der Waals surface area contributed by atoms with Gasteiger partial charge in [-0.3, -0.25) is 4.90 Å². The summed E-state index contributed by atoms with van der Waals surface area (Å²) in [6.07, 6.45) is -0.284. The molecule has 2 atom stereocenters. The molecule has 3 rings (SSSR count). The first kappa shape index (κ1) is 23.2. The highest BCUT2D eigenvalue weighted by atomic mass is 16.6. The maximum absolute atomic E-state index is 13.1. The molecule has 1 fully saturated rings. The van der Waals surface area contributed by atoms with Crippen LogP contribution in [0.5, 0.6) is 0 Å². The number of esters is 1. The summed E-state index contributed by atoms with van der Waals surface area (Å²) in [6.45, 7) is 5.35. The Hall–Kier alpha value is -3.51. The molecule has 1 aliphatic rings. The molecule has 0 radical (unpaired) electrons. The van der Waals surface area contributed by atoms with Gasteiger partial charge in [-0.1, -0.05) is 59.7 Å². The molecule has 168 valence electrons. The van der Waals surface area contributed by atoms with E-state index >= 15 is 0 Å². The minimum absolute atomic E-state index is 0.0758. The summed E-state index contributed by atoms with van der Waals surface area (Å²) in [5.41, 5.74) is 9.77. The number of nitrogens with zero attached hydrogens (tertiary/aromatic N) is 4. The number of methoxy groups -OCH3 is 1. The first-order valence-corrected chi connectivity index (χ1v) is 10.5. The molecule has 0 unspecified atom stereocenters. The van der Waals surface area contributed by atoms with Gasteiger partial charge in [0.25, 0.3) is 0 Å². The summed E-state index contributed by atoms with van der Waals surface area (Å²) < 4.78 is 10.7. The molecular formula is C24H28N4O4. The van der Waals surface area contributed by atoms with Crippen molar-refractivity contribution in [3.63, 3.8) is 0 Å². The van der Waals surface area contributed by atoms with Crippen LogP contribution in [-0.4, -0.2) is 47.8 Å². The molecule has 0 saturated carbocycles. The van der Waals surface area contributed by atoms with Gasteiger partial charge in [0.2, 0.25) is 0 Å². The van der Waals surface area contributed by atoms with Crippen LogP contribution in [0, 0.1) is 0 Å². The maximum atomic E-state index is 13.1. The molecule has 0 spiro atoms. The summed E-state index contributed by atoms with van der Waals surface area (Å²) in [5, 5.41) is 3.79. The van der Waals surface area contributed by atoms with Gasteiger partial charge >= 0.3 is 12.1 Å². The summed E-state index contributed by atoms with van der Waals surface area (Å²) >= 11 is 0. The fourth-order valence-electron chi connectivity index (χ4n) is 4.12. The van der Waals surface area contributed by atoms with E-state index in [1.54, 1.807) is 20.8 Å². The van der Waals surface area contributed by atoms with Crippen LogP contribution in [0.4, 0.5) is 4.79 Å². The van der Waals surface area contributed by atoms with Crippen LogP contribution in [0.25, 0.3) is 21.6 Å². The first-order valence-electron chi connectivity index (χ1n) is 10.5. The smallest absolute Gasteiger partial charge is 0.411 e. The molecule has 1 saturated heterocycles. The second kappa shape index (κ2) is 9.32. The van der Waals surface area contributed by atoms with E-state index in [1.165, 1.54) is 12.0 Å². The number of rotatable bonds is 5. The lowest BCUT2D eigenvalue weighted by molar-refractivity contribution is -0.153. The Balaban J connectivity index is 2.03. The second-order valence-corrected chi connectivity index (χ2v) is 8.92. The number of carbonyl (C=O) groups excluding carboxylic acids is 2. The molecule has 0 bridgehead atoms. The van der Waals surface area contributed by atoms with E-state index in [4.69, 9.17) is 15.0 Å². The van der Waals surface area contributed by atoms with E-state index in [1.807, 2.05) is 54.6 Å². The Morgan fingerprint density at radius 2 is 1.84 bits per heavy atom. The van der Waals surface area contributed by atoms with Crippen LogP contribution in [0.3, 0.4) is 0 Å². The van der Waals surface area contributed by atoms with Crippen molar-refractivity contribution in [2.24, 2.45) is 5.11 Å². The number of likely N-dealkylation sites (tertiary alicyclic amines) is 1. The zero-order chi connectivity index (χ0) is 23.4. The third-order valence-corrected chi connectivity index (χ3v) is 5.41. The molecule has 0 N–H and O–H groups in total. The number of hydrogen-bond donors (Lipinski definition) is 0. The Morgan fingerprint density at radius 1 is 1.16 bits per heavy atom. The summed E-state index contributed by atoms with van der Waals surface area (Å²) in [5.74, 6) is -0.566. The average Bonchev–Trinajstić information content (AvgIpc) is 3.12. The fourth-order valence-corrected chi connectivity index (χ4v) is 4.12. The van der Waals surface area contributed by atoms with Crippen LogP contribution in [-0.2, 0) is 20.7 Å². The van der Waals surface area contributed by atoms with Gasteiger partial charge < -0.3 is 9.47 Å². The Morgan fingerprint density at radius 3 is 2.47 bits per heavy atom. The maximum Gasteiger partial charge on any atom is 0.411 e. The molecule has 2 aromatic rings. The lowest BCUT2D eigenvalue weighted by Crippen LogP contribution is -2.56. The monoisotopic (exact) mass is 436 g/mol. The predicted molar refractivity (Wildman–Crippen MR) is 121 cm³/mol. The van der Waals surface area contributed by atoms with E-state index in [-0.39, 0.29) is 19.4 Å². The van der Waals surface area contributed by atoms with Crippen LogP contribution in [0.15, 0.2) is 59.7 Å². The fraction of sp³-hybridized carbons (Fsp3) is 0.417. The van der Waals surface area contributed by atoms with E-state index in [0.29, 0.717) is 0 Å². The highest BCUT2D eigenvalue weighted by molar-refractivity contribution is 5.87. The lowest BCUT2D eigenvalue weighted by Gasteiger charge is -2.37. The Labute approximate surface area is 187 Å². The van der Waals surface area contributed by atoms with Crippen molar-refractivity contribution in [3.05, 3.63) is 70.6 Å². The predicted octanol–water partition coefficient (Wildman–Crippen LogP) is 5.13. The van der Waals surface area contributed by atoms with E-state index in [0.717, 1.165) is 16.7 Å². The number of ether oxygens (including phenoxy) is 2. The molecule has 1 amide bonds. The summed E-state index contributed by atoms with van der Waals surface area (Å²) in [6, 6.07) is 17.1. The number of amides is 1. The van der Waals surface area contributed by atoms with Gasteiger partial charge in [-0.25, -0.2) is 9.59 Å². The number of hydrogen-bond acceptors (Lipinski definition) is 5. The van der Waals surface area contributed by atoms with Crippen molar-refractivity contribution in [1.29, 1.82) is 0 Å². The quantitative estimate of drug-likeness (QED) is 0.280. The van der Waals surface area contributed by atoms with Crippen LogP contribution < -0.4 is 0 Å². The van der Waals surface area contributed by atoms with Gasteiger partial charge in [-0.05, 0) is 49.4 Å². The largest absolute Gasteiger partial charge is 0.467 e. The molecular weight excluding hydrogens is 408 g/mol. The van der Waals surface area contributed by atoms with Crippen molar-refractivity contribution in [3.8, 4) is 11.1 Å². The van der Waals surface area contributed by atoms with Crippen molar-refractivity contribution < 1.29 is 19.1 Å². The number of azide groups is 1. The van der Waals surface area contributed by atoms with Crippen molar-refractivity contribution in [2.75, 3.05) is 13.7 Å². The normalized spacial score (nSPS) is 20.4. The molecule has 32 heavy (non-hydrogen) atoms. The Kier molecular flexibility index (Phi) is 6.75. The minimum Gasteiger partial charge on any atom is -0.467 e. The summed E-state index contributed by atoms with van der Waals surface area (Å²) in [4.78, 5) is 30.5. The molecule has 8 heteroatoms. The topological polar surface area (TPSA) is 105 Å². The standard InChI is InChI=1S/C24H28N4O4/c1-23(2,3)32-22(30)28-16-20(26-27-25)15-24(28,21(29)31-4)14-17-9-8-12-19(13-17)18-10-6-5-7-11-18/h5-13,20H,14-16H2,1-4H3/t20-,24+/m1/s1. The van der Waals surface area contributed by atoms with Gasteiger partial charge in [0, 0.05) is 17.9 Å². The first-order chi connectivity index (χ1) is 15.2. The SMILES string of the molecule is COC(=O)[C@]1(Cc2cccc(-c3ccccc3)c2)C[C@@H](N=[N+]=[N-])CN1C(=O)OC(C)(C)C. The lowest BCUT2D eigenvalue weighted by atomic mass is 9.86. The molecule has 0 aromatic heterocycles. The van der Waals surface area contributed by atoms with Crippen LogP contribution in [0.1, 0.15) is 32.8 Å². The van der Waals surface area contributed by atoms with E-state index in [2.05, 4.69) is 10.0 Å². The van der Waals surface area contributed by atoms with E-state index < -0.39 is 29.2 Å². The zero-order valence-corrected chi connectivity index (χ0v) is 18.8. The van der Waals surface area contributed by atoms with Gasteiger partial charge in [0.1, 0.15) is 11.1 Å². The van der Waals surface area contributed by atoms with Gasteiger partial charge in [0.05, 0.1) is 13.2 Å². The van der Waals surface area contributed by atoms with Crippen LogP contribution in [0.2, 0.25) is 0 Å². The molecule has 1 heterocycles. The average molecular weight is 437 g/mol. The van der Waals surface area contributed by atoms with Gasteiger partial charge in [-0.15, -0.1) is 0 Å². The molecule has 8 nitrogen and oxygen atoms in total. The highest BCUT2D eigenvalue weighted by Gasteiger charge is 2.55. The Bertz CT molecular complexity index is 1030. The van der Waals surface area contributed by atoms with Crippen molar-refractivity contribution >= 4 is 12.1 Å². The third-order valence-electron chi connectivity index (χ3n) is 5.41. The van der Waals surface area contributed by atoms with Crippen molar-refractivity contribution in [1.82, 2.24) is 4.90 Å². The van der Waals surface area contributed by atoms with Gasteiger partial charge in [0.15, 0.2) is 0 Å². The molecule has 1 aliphatic heterocycles. The van der Waals surface area contributed by atoms with E-state index in [9.17, 15) is 9.59 Å². The van der Waals surface area contributed by atoms with Crippen LogP contribution >= 0.6 is 0 Å². The van der Waals surface area contributed by atoms with Gasteiger partial charge in [-0.2, -0.15) is 0 Å². The number of carbonyl (C=O) groups is 2. The minimum atomic E-state index is -1.34. The molecule has 0 aliphatic carbocycles. The van der Waals surface area contributed by atoms with Crippen molar-refractivity contribution in [2.45, 2.75) is 50.8 Å². The second-order valence-electron chi connectivity index (χ2n) is 8.92. The third kappa shape index (κ3) is 5.03. The molecule has 2 aromatic carbocycles. The number of benzene rings is 2. The zero-order valence-electron chi connectivity index (χ0n) is 18.8. The highest BCUT2D eigenvalue weighted by Crippen LogP contribution is 2.37. The summed E-state index contributed by atoms with van der Waals surface area (Å²) in [7, 11) is 1.29.